The average molecular weight is 182 g/mol. The molecule has 0 aromatic heterocycles. The number of nitrogens with two attached hydrogens (primary N) is 1. The Morgan fingerprint density at radius 3 is 2.69 bits per heavy atom. The third-order valence-corrected chi connectivity index (χ3v) is 1.70. The van der Waals surface area contributed by atoms with E-state index in [-0.39, 0.29) is 11.4 Å². The molecule has 1 aromatic carbocycles. The van der Waals surface area contributed by atoms with Crippen molar-refractivity contribution < 1.29 is 10.0 Å². The number of rotatable bonds is 2. The van der Waals surface area contributed by atoms with E-state index in [2.05, 4.69) is 0 Å². The van der Waals surface area contributed by atoms with Gasteiger partial charge in [0.1, 0.15) is 5.75 Å². The number of benzene rings is 1. The summed E-state index contributed by atoms with van der Waals surface area (Å²) in [7, 11) is 0. The van der Waals surface area contributed by atoms with Crippen LogP contribution in [0.4, 0.5) is 5.69 Å². The molecule has 5 heteroatoms. The van der Waals surface area contributed by atoms with E-state index in [9.17, 15) is 10.1 Å². The Hall–Kier alpha value is -1.62. The van der Waals surface area contributed by atoms with Crippen LogP contribution in [0.1, 0.15) is 18.5 Å². The van der Waals surface area contributed by atoms with Crippen LogP contribution in [-0.2, 0) is 0 Å². The summed E-state index contributed by atoms with van der Waals surface area (Å²) in [5.41, 5.74) is 5.78. The van der Waals surface area contributed by atoms with Crippen LogP contribution in [0.5, 0.6) is 5.75 Å². The van der Waals surface area contributed by atoms with E-state index < -0.39 is 11.0 Å². The van der Waals surface area contributed by atoms with Gasteiger partial charge in [-0.15, -0.1) is 0 Å². The molecule has 0 aliphatic rings. The predicted octanol–water partition coefficient (Wildman–Crippen LogP) is 1.32. The number of phenolic OH excluding ortho intramolecular Hbond substituents is 1. The molecule has 0 amide bonds. The largest absolute Gasteiger partial charge is 0.508 e. The van der Waals surface area contributed by atoms with Crippen molar-refractivity contribution in [1.82, 2.24) is 0 Å². The molecule has 0 radical (unpaired) electrons. The van der Waals surface area contributed by atoms with Gasteiger partial charge in [-0.1, -0.05) is 0 Å². The molecule has 3 N–H and O–H groups in total. The lowest BCUT2D eigenvalue weighted by Gasteiger charge is -2.06. The van der Waals surface area contributed by atoms with Crippen molar-refractivity contribution in [3.8, 4) is 5.75 Å². The molecule has 0 spiro atoms. The highest BCUT2D eigenvalue weighted by molar-refractivity contribution is 5.46. The van der Waals surface area contributed by atoms with Crippen molar-refractivity contribution in [2.24, 2.45) is 5.73 Å². The van der Waals surface area contributed by atoms with Gasteiger partial charge in [0.2, 0.25) is 0 Å². The molecule has 0 bridgehead atoms. The van der Waals surface area contributed by atoms with E-state index in [0.29, 0.717) is 5.56 Å². The number of aromatic hydroxyl groups is 1. The highest BCUT2D eigenvalue weighted by atomic mass is 16.6. The van der Waals surface area contributed by atoms with Gasteiger partial charge in [-0.3, -0.25) is 10.1 Å². The second-order valence-corrected chi connectivity index (χ2v) is 2.79. The van der Waals surface area contributed by atoms with Gasteiger partial charge in [-0.05, 0) is 19.1 Å². The van der Waals surface area contributed by atoms with Crippen LogP contribution >= 0.6 is 0 Å². The van der Waals surface area contributed by atoms with E-state index in [1.165, 1.54) is 18.2 Å². The molecule has 0 heterocycles. The van der Waals surface area contributed by atoms with Gasteiger partial charge in [0, 0.05) is 17.7 Å². The Kier molecular flexibility index (Phi) is 2.48. The van der Waals surface area contributed by atoms with E-state index in [4.69, 9.17) is 10.8 Å². The summed E-state index contributed by atoms with van der Waals surface area (Å²) in [6.45, 7) is 1.63. The number of hydrogen-bond acceptors (Lipinski definition) is 4. The van der Waals surface area contributed by atoms with E-state index in [1.54, 1.807) is 6.92 Å². The molecule has 0 saturated carbocycles. The summed E-state index contributed by atoms with van der Waals surface area (Å²) in [6, 6.07) is 3.36. The molecular weight excluding hydrogens is 172 g/mol. The Morgan fingerprint density at radius 1 is 1.62 bits per heavy atom. The Bertz CT molecular complexity index is 336. The summed E-state index contributed by atoms with van der Waals surface area (Å²) < 4.78 is 0. The Balaban J connectivity index is 3.26. The fourth-order valence-corrected chi connectivity index (χ4v) is 1.07. The van der Waals surface area contributed by atoms with Crippen molar-refractivity contribution >= 4 is 5.69 Å². The molecule has 1 aromatic rings. The topological polar surface area (TPSA) is 89.4 Å². The quantitative estimate of drug-likeness (QED) is 0.533. The molecule has 13 heavy (non-hydrogen) atoms. The van der Waals surface area contributed by atoms with Gasteiger partial charge in [-0.25, -0.2) is 0 Å². The first kappa shape index (κ1) is 9.47. The number of phenols is 1. The molecule has 0 saturated heterocycles. The highest BCUT2D eigenvalue weighted by Gasteiger charge is 2.16. The maximum Gasteiger partial charge on any atom is 0.274 e. The molecule has 1 unspecified atom stereocenters. The molecule has 1 rings (SSSR count). The normalized spacial score (nSPS) is 12.5. The molecule has 70 valence electrons. The number of nitrogens with zero attached hydrogens (tertiary/aromatic N) is 1. The van der Waals surface area contributed by atoms with E-state index in [1.807, 2.05) is 0 Å². The Morgan fingerprint density at radius 2 is 2.23 bits per heavy atom. The molecule has 0 aliphatic heterocycles. The summed E-state index contributed by atoms with van der Waals surface area (Å²) in [6.07, 6.45) is 0. The van der Waals surface area contributed by atoms with Crippen molar-refractivity contribution in [3.05, 3.63) is 33.9 Å². The molecule has 0 fully saturated rings. The van der Waals surface area contributed by atoms with E-state index >= 15 is 0 Å². The highest BCUT2D eigenvalue weighted by Crippen LogP contribution is 2.27. The third-order valence-electron chi connectivity index (χ3n) is 1.70. The first-order chi connectivity index (χ1) is 6.02. The summed E-state index contributed by atoms with van der Waals surface area (Å²) in [4.78, 5) is 9.99. The van der Waals surface area contributed by atoms with Crippen LogP contribution in [0, 0.1) is 10.1 Å². The summed E-state index contributed by atoms with van der Waals surface area (Å²) >= 11 is 0. The monoisotopic (exact) mass is 182 g/mol. The lowest BCUT2D eigenvalue weighted by molar-refractivity contribution is -0.385. The van der Waals surface area contributed by atoms with Crippen LogP contribution < -0.4 is 5.73 Å². The van der Waals surface area contributed by atoms with Crippen LogP contribution in [0.3, 0.4) is 0 Å². The molecule has 1 atom stereocenters. The number of nitro groups is 1. The first-order valence-corrected chi connectivity index (χ1v) is 3.75. The maximum absolute atomic E-state index is 10.5. The number of nitro benzene ring substituents is 1. The van der Waals surface area contributed by atoms with Crippen molar-refractivity contribution in [3.63, 3.8) is 0 Å². The fraction of sp³-hybridized carbons (Fsp3) is 0.250. The van der Waals surface area contributed by atoms with E-state index in [0.717, 1.165) is 0 Å². The molecule has 5 nitrogen and oxygen atoms in total. The van der Waals surface area contributed by atoms with Gasteiger partial charge in [0.05, 0.1) is 4.92 Å². The first-order valence-electron chi connectivity index (χ1n) is 3.75. The second kappa shape index (κ2) is 3.40. The molecule has 0 aliphatic carbocycles. The zero-order valence-corrected chi connectivity index (χ0v) is 7.10. The molecular formula is C8H10N2O3. The maximum atomic E-state index is 10.5. The minimum atomic E-state index is -0.516. The van der Waals surface area contributed by atoms with Crippen LogP contribution in [0.15, 0.2) is 18.2 Å². The standard InChI is InChI=1S/C8H10N2O3/c1-5(9)7-4-6(11)2-3-8(7)10(12)13/h2-5,11H,9H2,1H3. The SMILES string of the molecule is CC(N)c1cc(O)ccc1[N+](=O)[O-]. The lowest BCUT2D eigenvalue weighted by atomic mass is 10.1. The van der Waals surface area contributed by atoms with Crippen LogP contribution in [0.2, 0.25) is 0 Å². The van der Waals surface area contributed by atoms with Gasteiger partial charge in [-0.2, -0.15) is 0 Å². The number of hydrogen-bond donors (Lipinski definition) is 2. The van der Waals surface area contributed by atoms with Crippen molar-refractivity contribution in [2.75, 3.05) is 0 Å². The zero-order valence-electron chi connectivity index (χ0n) is 7.10. The van der Waals surface area contributed by atoms with Gasteiger partial charge < -0.3 is 10.8 Å². The minimum Gasteiger partial charge on any atom is -0.508 e. The van der Waals surface area contributed by atoms with Crippen molar-refractivity contribution in [1.29, 1.82) is 0 Å². The predicted molar refractivity (Wildman–Crippen MR) is 47.4 cm³/mol. The second-order valence-electron chi connectivity index (χ2n) is 2.79. The average Bonchev–Trinajstić information content (AvgIpc) is 2.03. The van der Waals surface area contributed by atoms with Crippen LogP contribution in [0.25, 0.3) is 0 Å². The minimum absolute atomic E-state index is 0.0158. The summed E-state index contributed by atoms with van der Waals surface area (Å²) in [5.74, 6) is -0.0158. The smallest absolute Gasteiger partial charge is 0.274 e. The Labute approximate surface area is 74.9 Å². The van der Waals surface area contributed by atoms with Crippen LogP contribution in [-0.4, -0.2) is 10.0 Å². The third kappa shape index (κ3) is 1.94. The van der Waals surface area contributed by atoms with Gasteiger partial charge >= 0.3 is 0 Å². The lowest BCUT2D eigenvalue weighted by Crippen LogP contribution is -2.07. The fourth-order valence-electron chi connectivity index (χ4n) is 1.07. The summed E-state index contributed by atoms with van der Waals surface area (Å²) in [5, 5.41) is 19.6. The van der Waals surface area contributed by atoms with Crippen molar-refractivity contribution in [2.45, 2.75) is 13.0 Å². The zero-order chi connectivity index (χ0) is 10.0. The van der Waals surface area contributed by atoms with Gasteiger partial charge in [0.15, 0.2) is 0 Å². The van der Waals surface area contributed by atoms with Gasteiger partial charge in [0.25, 0.3) is 5.69 Å².